The van der Waals surface area contributed by atoms with E-state index in [-0.39, 0.29) is 5.69 Å². The molecule has 0 bridgehead atoms. The van der Waals surface area contributed by atoms with Gasteiger partial charge in [-0.3, -0.25) is 10.1 Å². The average Bonchev–Trinajstić information content (AvgIpc) is 2.42. The number of benzene rings is 1. The lowest BCUT2D eigenvalue weighted by atomic mass is 9.97. The maximum absolute atomic E-state index is 11.0. The Kier molecular flexibility index (Phi) is 6.45. The monoisotopic (exact) mass is 280 g/mol. The number of nitro groups is 1. The van der Waals surface area contributed by atoms with Crippen LogP contribution in [-0.2, 0) is 6.42 Å². The Morgan fingerprint density at radius 2 is 2.10 bits per heavy atom. The van der Waals surface area contributed by atoms with Crippen LogP contribution in [0.2, 0.25) is 0 Å². The minimum atomic E-state index is -0.397. The van der Waals surface area contributed by atoms with Crippen LogP contribution in [0.15, 0.2) is 18.2 Å². The first-order valence-electron chi connectivity index (χ1n) is 6.96. The van der Waals surface area contributed by atoms with Crippen LogP contribution in [0.5, 0.6) is 5.75 Å². The molecule has 0 aliphatic rings. The third-order valence-electron chi connectivity index (χ3n) is 3.39. The second-order valence-electron chi connectivity index (χ2n) is 5.42. The van der Waals surface area contributed by atoms with Crippen LogP contribution in [0.1, 0.15) is 32.3 Å². The van der Waals surface area contributed by atoms with Crippen LogP contribution in [0.4, 0.5) is 5.69 Å². The van der Waals surface area contributed by atoms with Crippen molar-refractivity contribution < 1.29 is 9.66 Å². The Balaban J connectivity index is 2.73. The highest BCUT2D eigenvalue weighted by atomic mass is 16.6. The van der Waals surface area contributed by atoms with Gasteiger partial charge in [-0.05, 0) is 43.9 Å². The molecule has 1 N–H and O–H groups in total. The van der Waals surface area contributed by atoms with Crippen molar-refractivity contribution in [2.75, 3.05) is 14.2 Å². The number of hydrogen-bond acceptors (Lipinski definition) is 4. The number of nitro benzene ring substituents is 1. The molecule has 5 nitrogen and oxygen atoms in total. The largest absolute Gasteiger partial charge is 0.490 e. The Labute approximate surface area is 120 Å². The Morgan fingerprint density at radius 3 is 2.60 bits per heavy atom. The van der Waals surface area contributed by atoms with Gasteiger partial charge in [0.1, 0.15) is 0 Å². The van der Waals surface area contributed by atoms with E-state index < -0.39 is 4.92 Å². The first-order chi connectivity index (χ1) is 9.47. The summed E-state index contributed by atoms with van der Waals surface area (Å²) >= 11 is 0. The molecule has 1 unspecified atom stereocenters. The van der Waals surface area contributed by atoms with Gasteiger partial charge in [0.25, 0.3) is 0 Å². The lowest BCUT2D eigenvalue weighted by Gasteiger charge is -2.18. The molecule has 1 aromatic carbocycles. The maximum atomic E-state index is 11.0. The van der Waals surface area contributed by atoms with Crippen LogP contribution in [0.3, 0.4) is 0 Å². The molecule has 0 aliphatic carbocycles. The van der Waals surface area contributed by atoms with Gasteiger partial charge in [-0.1, -0.05) is 19.9 Å². The number of rotatable bonds is 8. The summed E-state index contributed by atoms with van der Waals surface area (Å²) in [5, 5.41) is 14.3. The molecule has 0 fully saturated rings. The summed E-state index contributed by atoms with van der Waals surface area (Å²) in [6, 6.07) is 5.62. The van der Waals surface area contributed by atoms with E-state index in [4.69, 9.17) is 4.74 Å². The fraction of sp³-hybridized carbons (Fsp3) is 0.600. The predicted octanol–water partition coefficient (Wildman–Crippen LogP) is 3.17. The molecule has 0 spiro atoms. The van der Waals surface area contributed by atoms with Gasteiger partial charge in [-0.25, -0.2) is 0 Å². The lowest BCUT2D eigenvalue weighted by molar-refractivity contribution is -0.385. The molecule has 0 saturated heterocycles. The van der Waals surface area contributed by atoms with Gasteiger partial charge in [0.15, 0.2) is 5.75 Å². The highest BCUT2D eigenvalue weighted by Crippen LogP contribution is 2.28. The second kappa shape index (κ2) is 7.85. The summed E-state index contributed by atoms with van der Waals surface area (Å²) in [5.74, 6) is 0.948. The molecular formula is C15H24N2O3. The van der Waals surface area contributed by atoms with Crippen LogP contribution in [0, 0.1) is 16.0 Å². The van der Waals surface area contributed by atoms with E-state index in [9.17, 15) is 10.1 Å². The Bertz CT molecular complexity index is 447. The van der Waals surface area contributed by atoms with Crippen molar-refractivity contribution in [1.29, 1.82) is 0 Å². The highest BCUT2D eigenvalue weighted by Gasteiger charge is 2.16. The zero-order valence-electron chi connectivity index (χ0n) is 12.7. The third kappa shape index (κ3) is 4.81. The van der Waals surface area contributed by atoms with Crippen molar-refractivity contribution in [2.45, 2.75) is 39.2 Å². The van der Waals surface area contributed by atoms with E-state index in [2.05, 4.69) is 19.2 Å². The van der Waals surface area contributed by atoms with Crippen molar-refractivity contribution in [1.82, 2.24) is 5.32 Å². The van der Waals surface area contributed by atoms with E-state index in [1.165, 1.54) is 7.11 Å². The maximum Gasteiger partial charge on any atom is 0.311 e. The predicted molar refractivity (Wildman–Crippen MR) is 80.3 cm³/mol. The molecule has 112 valence electrons. The Morgan fingerprint density at radius 1 is 1.40 bits per heavy atom. The summed E-state index contributed by atoms with van der Waals surface area (Å²) in [6.45, 7) is 4.39. The molecule has 5 heteroatoms. The minimum Gasteiger partial charge on any atom is -0.490 e. The molecule has 20 heavy (non-hydrogen) atoms. The average molecular weight is 280 g/mol. The van der Waals surface area contributed by atoms with Crippen LogP contribution in [0.25, 0.3) is 0 Å². The number of aryl methyl sites for hydroxylation is 1. The molecule has 1 rings (SSSR count). The summed E-state index contributed by atoms with van der Waals surface area (Å²) in [4.78, 5) is 10.6. The van der Waals surface area contributed by atoms with Crippen molar-refractivity contribution in [3.63, 3.8) is 0 Å². The second-order valence-corrected chi connectivity index (χ2v) is 5.42. The molecule has 0 amide bonds. The molecule has 0 saturated carbocycles. The molecule has 1 atom stereocenters. The van der Waals surface area contributed by atoms with Gasteiger partial charge in [0.2, 0.25) is 0 Å². The van der Waals surface area contributed by atoms with E-state index in [1.807, 2.05) is 13.1 Å². The number of nitrogens with zero attached hydrogens (tertiary/aromatic N) is 1. The first-order valence-corrected chi connectivity index (χ1v) is 6.96. The standard InChI is InChI=1S/C15H24N2O3/c1-11(2)9-13(16-3)7-5-12-6-8-15(20-4)14(10-12)17(18)19/h6,8,10-11,13,16H,5,7,9H2,1-4H3. The van der Waals surface area contributed by atoms with E-state index >= 15 is 0 Å². The summed E-state index contributed by atoms with van der Waals surface area (Å²) in [7, 11) is 3.41. The van der Waals surface area contributed by atoms with Crippen LogP contribution in [-0.4, -0.2) is 25.1 Å². The number of methoxy groups -OCH3 is 1. The fourth-order valence-electron chi connectivity index (χ4n) is 2.32. The van der Waals surface area contributed by atoms with E-state index in [1.54, 1.807) is 12.1 Å². The van der Waals surface area contributed by atoms with E-state index in [0.717, 1.165) is 24.8 Å². The SMILES string of the molecule is CNC(CCc1ccc(OC)c([N+](=O)[O-])c1)CC(C)C. The van der Waals surface area contributed by atoms with E-state index in [0.29, 0.717) is 17.7 Å². The van der Waals surface area contributed by atoms with Crippen molar-refractivity contribution in [3.8, 4) is 5.75 Å². The van der Waals surface area contributed by atoms with Gasteiger partial charge in [-0.2, -0.15) is 0 Å². The zero-order valence-corrected chi connectivity index (χ0v) is 12.7. The molecule has 1 aromatic rings. The highest BCUT2D eigenvalue weighted by molar-refractivity contribution is 5.48. The van der Waals surface area contributed by atoms with Crippen LogP contribution < -0.4 is 10.1 Å². The van der Waals surface area contributed by atoms with Crippen molar-refractivity contribution in [2.24, 2.45) is 5.92 Å². The van der Waals surface area contributed by atoms with Gasteiger partial charge >= 0.3 is 5.69 Å². The number of nitrogens with one attached hydrogen (secondary N) is 1. The summed E-state index contributed by atoms with van der Waals surface area (Å²) in [6.07, 6.45) is 2.90. The molecule has 0 radical (unpaired) electrons. The summed E-state index contributed by atoms with van der Waals surface area (Å²) < 4.78 is 5.01. The molecular weight excluding hydrogens is 256 g/mol. The van der Waals surface area contributed by atoms with Crippen molar-refractivity contribution in [3.05, 3.63) is 33.9 Å². The normalized spacial score (nSPS) is 12.4. The fourth-order valence-corrected chi connectivity index (χ4v) is 2.32. The third-order valence-corrected chi connectivity index (χ3v) is 3.39. The summed E-state index contributed by atoms with van der Waals surface area (Å²) in [5.41, 5.74) is 1.01. The quantitative estimate of drug-likeness (QED) is 0.587. The van der Waals surface area contributed by atoms with Crippen LogP contribution >= 0.6 is 0 Å². The van der Waals surface area contributed by atoms with Gasteiger partial charge in [0.05, 0.1) is 12.0 Å². The van der Waals surface area contributed by atoms with Gasteiger partial charge < -0.3 is 10.1 Å². The number of ether oxygens (including phenoxy) is 1. The zero-order chi connectivity index (χ0) is 15.1. The van der Waals surface area contributed by atoms with Crippen molar-refractivity contribution >= 4 is 5.69 Å². The first kappa shape index (κ1) is 16.4. The Hall–Kier alpha value is -1.62. The van der Waals surface area contributed by atoms with Gasteiger partial charge in [0, 0.05) is 12.1 Å². The molecule has 0 heterocycles. The van der Waals surface area contributed by atoms with Gasteiger partial charge in [-0.15, -0.1) is 0 Å². The molecule has 0 aliphatic heterocycles. The topological polar surface area (TPSA) is 64.4 Å². The minimum absolute atomic E-state index is 0.0369. The number of hydrogen-bond donors (Lipinski definition) is 1. The smallest absolute Gasteiger partial charge is 0.311 e. The lowest BCUT2D eigenvalue weighted by Crippen LogP contribution is -2.27. The molecule has 0 aromatic heterocycles.